The maximum absolute atomic E-state index is 12.4. The Hall–Kier alpha value is -1.35. The number of benzene rings is 1. The van der Waals surface area contributed by atoms with Gasteiger partial charge < -0.3 is 10.6 Å². The van der Waals surface area contributed by atoms with Gasteiger partial charge in [0.05, 0.1) is 6.42 Å². The molecule has 3 nitrogen and oxygen atoms in total. The van der Waals surface area contributed by atoms with E-state index in [0.29, 0.717) is 6.42 Å². The molecule has 2 N–H and O–H groups in total. The lowest BCUT2D eigenvalue weighted by Crippen LogP contribution is -2.48. The van der Waals surface area contributed by atoms with Crippen LogP contribution in [0.1, 0.15) is 36.5 Å². The van der Waals surface area contributed by atoms with Crippen molar-refractivity contribution in [2.45, 2.75) is 52.1 Å². The Morgan fingerprint density at radius 3 is 2.74 bits per heavy atom. The van der Waals surface area contributed by atoms with E-state index in [1.807, 2.05) is 4.90 Å². The van der Waals surface area contributed by atoms with Crippen LogP contribution in [0.5, 0.6) is 0 Å². The van der Waals surface area contributed by atoms with Crippen LogP contribution in [0.3, 0.4) is 0 Å². The molecule has 0 bridgehead atoms. The molecule has 1 aliphatic rings. The third kappa shape index (κ3) is 3.35. The number of carbonyl (C=O) groups excluding carboxylic acids is 1. The molecule has 1 saturated heterocycles. The molecule has 3 heteroatoms. The summed E-state index contributed by atoms with van der Waals surface area (Å²) in [7, 11) is 0. The molecular weight excluding hydrogens is 236 g/mol. The van der Waals surface area contributed by atoms with Crippen molar-refractivity contribution in [1.29, 1.82) is 0 Å². The van der Waals surface area contributed by atoms with Gasteiger partial charge in [0.15, 0.2) is 0 Å². The number of nitrogens with two attached hydrogens (primary N) is 1. The molecule has 0 spiro atoms. The number of hydrogen-bond acceptors (Lipinski definition) is 2. The van der Waals surface area contributed by atoms with Crippen molar-refractivity contribution in [2.24, 2.45) is 5.73 Å². The first-order chi connectivity index (χ1) is 8.97. The van der Waals surface area contributed by atoms with Crippen LogP contribution < -0.4 is 5.73 Å². The second-order valence-electron chi connectivity index (χ2n) is 5.82. The predicted molar refractivity (Wildman–Crippen MR) is 78.0 cm³/mol. The Morgan fingerprint density at radius 2 is 2.11 bits per heavy atom. The zero-order valence-corrected chi connectivity index (χ0v) is 12.1. The highest BCUT2D eigenvalue weighted by atomic mass is 16.2. The van der Waals surface area contributed by atoms with Gasteiger partial charge in [0.1, 0.15) is 0 Å². The van der Waals surface area contributed by atoms with E-state index >= 15 is 0 Å². The van der Waals surface area contributed by atoms with Crippen molar-refractivity contribution >= 4 is 5.91 Å². The summed E-state index contributed by atoms with van der Waals surface area (Å²) in [6.07, 6.45) is 2.34. The van der Waals surface area contributed by atoms with Gasteiger partial charge in [-0.15, -0.1) is 0 Å². The van der Waals surface area contributed by atoms with E-state index in [1.54, 1.807) is 0 Å². The smallest absolute Gasteiger partial charge is 0.227 e. The molecular formula is C16H24N2O. The summed E-state index contributed by atoms with van der Waals surface area (Å²) in [5.41, 5.74) is 9.57. The van der Waals surface area contributed by atoms with E-state index in [2.05, 4.69) is 39.0 Å². The first-order valence-electron chi connectivity index (χ1n) is 7.08. The topological polar surface area (TPSA) is 46.3 Å². The molecule has 1 heterocycles. The largest absolute Gasteiger partial charge is 0.340 e. The van der Waals surface area contributed by atoms with E-state index in [9.17, 15) is 4.79 Å². The Bertz CT molecular complexity index is 470. The molecule has 104 valence electrons. The van der Waals surface area contributed by atoms with Gasteiger partial charge in [0, 0.05) is 18.6 Å². The fourth-order valence-electron chi connectivity index (χ4n) is 2.77. The second-order valence-corrected chi connectivity index (χ2v) is 5.82. The van der Waals surface area contributed by atoms with E-state index in [0.717, 1.165) is 24.9 Å². The monoisotopic (exact) mass is 260 g/mol. The van der Waals surface area contributed by atoms with Crippen LogP contribution in [0.25, 0.3) is 0 Å². The van der Waals surface area contributed by atoms with Gasteiger partial charge in [-0.2, -0.15) is 0 Å². The Kier molecular flexibility index (Phi) is 4.25. The van der Waals surface area contributed by atoms with E-state index in [1.165, 1.54) is 11.1 Å². The molecule has 2 rings (SSSR count). The van der Waals surface area contributed by atoms with Crippen LogP contribution in [-0.4, -0.2) is 29.4 Å². The van der Waals surface area contributed by atoms with Crippen LogP contribution in [-0.2, 0) is 11.2 Å². The van der Waals surface area contributed by atoms with Crippen molar-refractivity contribution in [2.75, 3.05) is 6.54 Å². The van der Waals surface area contributed by atoms with Gasteiger partial charge in [-0.25, -0.2) is 0 Å². The van der Waals surface area contributed by atoms with Crippen molar-refractivity contribution in [3.05, 3.63) is 34.9 Å². The minimum absolute atomic E-state index is 0.225. The van der Waals surface area contributed by atoms with Gasteiger partial charge in [-0.1, -0.05) is 18.2 Å². The maximum Gasteiger partial charge on any atom is 0.227 e. The Balaban J connectivity index is 2.02. The zero-order valence-electron chi connectivity index (χ0n) is 12.1. The van der Waals surface area contributed by atoms with Gasteiger partial charge in [-0.3, -0.25) is 4.79 Å². The molecule has 1 fully saturated rings. The average Bonchev–Trinajstić information content (AvgIpc) is 2.33. The Labute approximate surface area is 115 Å². The third-order valence-electron chi connectivity index (χ3n) is 4.16. The summed E-state index contributed by atoms with van der Waals surface area (Å²) < 4.78 is 0. The number of likely N-dealkylation sites (tertiary alicyclic amines) is 1. The molecule has 2 atom stereocenters. The second kappa shape index (κ2) is 5.74. The summed E-state index contributed by atoms with van der Waals surface area (Å²) in [4.78, 5) is 14.4. The van der Waals surface area contributed by atoms with Crippen molar-refractivity contribution in [3.8, 4) is 0 Å². The lowest BCUT2D eigenvalue weighted by Gasteiger charge is -2.36. The number of nitrogens with zero attached hydrogens (tertiary/aromatic N) is 1. The molecule has 1 amide bonds. The molecule has 0 saturated carbocycles. The summed E-state index contributed by atoms with van der Waals surface area (Å²) in [6.45, 7) is 7.07. The van der Waals surface area contributed by atoms with Crippen LogP contribution in [0.4, 0.5) is 0 Å². The molecule has 2 unspecified atom stereocenters. The lowest BCUT2D eigenvalue weighted by atomic mass is 9.97. The molecule has 1 aliphatic heterocycles. The fourth-order valence-corrected chi connectivity index (χ4v) is 2.77. The first kappa shape index (κ1) is 14.1. The molecule has 0 aliphatic carbocycles. The third-order valence-corrected chi connectivity index (χ3v) is 4.16. The van der Waals surface area contributed by atoms with Crippen LogP contribution >= 0.6 is 0 Å². The van der Waals surface area contributed by atoms with Crippen LogP contribution in [0.15, 0.2) is 18.2 Å². The molecule has 19 heavy (non-hydrogen) atoms. The highest BCUT2D eigenvalue weighted by molar-refractivity contribution is 5.79. The number of hydrogen-bond donors (Lipinski definition) is 1. The van der Waals surface area contributed by atoms with E-state index in [-0.39, 0.29) is 18.0 Å². The lowest BCUT2D eigenvalue weighted by molar-refractivity contribution is -0.133. The van der Waals surface area contributed by atoms with Gasteiger partial charge >= 0.3 is 0 Å². The van der Waals surface area contributed by atoms with E-state index in [4.69, 9.17) is 5.73 Å². The number of aryl methyl sites for hydroxylation is 2. The molecule has 1 aromatic carbocycles. The summed E-state index contributed by atoms with van der Waals surface area (Å²) >= 11 is 0. The Morgan fingerprint density at radius 1 is 1.37 bits per heavy atom. The van der Waals surface area contributed by atoms with Crippen LogP contribution in [0, 0.1) is 13.8 Å². The van der Waals surface area contributed by atoms with Crippen molar-refractivity contribution in [3.63, 3.8) is 0 Å². The summed E-state index contributed by atoms with van der Waals surface area (Å²) in [5.74, 6) is 0.225. The van der Waals surface area contributed by atoms with Gasteiger partial charge in [0.25, 0.3) is 0 Å². The van der Waals surface area contributed by atoms with Crippen molar-refractivity contribution in [1.82, 2.24) is 4.90 Å². The number of amides is 1. The number of piperidine rings is 1. The van der Waals surface area contributed by atoms with Gasteiger partial charge in [-0.05, 0) is 50.3 Å². The minimum atomic E-state index is 0.225. The maximum atomic E-state index is 12.4. The molecule has 0 aromatic heterocycles. The first-order valence-corrected chi connectivity index (χ1v) is 7.08. The van der Waals surface area contributed by atoms with Crippen LogP contribution in [0.2, 0.25) is 0 Å². The molecule has 0 radical (unpaired) electrons. The highest BCUT2D eigenvalue weighted by Gasteiger charge is 2.26. The minimum Gasteiger partial charge on any atom is -0.340 e. The number of carbonyl (C=O) groups is 1. The fraction of sp³-hybridized carbons (Fsp3) is 0.562. The molecule has 1 aromatic rings. The predicted octanol–water partition coefficient (Wildman–Crippen LogP) is 2.18. The average molecular weight is 260 g/mol. The zero-order chi connectivity index (χ0) is 14.0. The van der Waals surface area contributed by atoms with Crippen molar-refractivity contribution < 1.29 is 4.79 Å². The summed E-state index contributed by atoms with van der Waals surface area (Å²) in [5, 5.41) is 0. The quantitative estimate of drug-likeness (QED) is 0.886. The highest BCUT2D eigenvalue weighted by Crippen LogP contribution is 2.18. The SMILES string of the molecule is Cc1ccc(CC(=O)N2CCC(N)CC2C)cc1C. The van der Waals surface area contributed by atoms with Gasteiger partial charge in [0.2, 0.25) is 5.91 Å². The standard InChI is InChI=1S/C16H24N2O/c1-11-4-5-14(8-12(11)2)10-16(19)18-7-6-15(17)9-13(18)3/h4-5,8,13,15H,6-7,9-10,17H2,1-3H3. The van der Waals surface area contributed by atoms with E-state index < -0.39 is 0 Å². The summed E-state index contributed by atoms with van der Waals surface area (Å²) in [6, 6.07) is 6.78. The normalized spacial score (nSPS) is 23.5. The number of rotatable bonds is 2.